The molecule has 0 saturated carbocycles. The number of fused-ring (bicyclic) bond motifs is 1. The molecule has 0 radical (unpaired) electrons. The fourth-order valence-corrected chi connectivity index (χ4v) is 3.24. The molecule has 96 valence electrons. The van der Waals surface area contributed by atoms with E-state index in [0.29, 0.717) is 0 Å². The van der Waals surface area contributed by atoms with Crippen LogP contribution in [0.3, 0.4) is 0 Å². The maximum absolute atomic E-state index is 4.62. The number of rotatable bonds is 2. The lowest BCUT2D eigenvalue weighted by molar-refractivity contribution is 1.36. The Morgan fingerprint density at radius 3 is 2.37 bits per heavy atom. The molecule has 3 heteroatoms. The largest absolute Gasteiger partial charge is 0.332 e. The fraction of sp³-hybridized carbons (Fsp3) is 0.188. The summed E-state index contributed by atoms with van der Waals surface area (Å²) in [6, 6.07) is 12.8. The van der Waals surface area contributed by atoms with Crippen LogP contribution in [0.2, 0.25) is 0 Å². The predicted octanol–water partition coefficient (Wildman–Crippen LogP) is 4.97. The number of benzene rings is 2. The highest BCUT2D eigenvalue weighted by Crippen LogP contribution is 2.29. The zero-order valence-corrected chi connectivity index (χ0v) is 12.1. The molecule has 0 atom stereocenters. The fourth-order valence-electron chi connectivity index (χ4n) is 2.26. The summed E-state index contributed by atoms with van der Waals surface area (Å²) in [6.45, 7) is 6.33. The van der Waals surface area contributed by atoms with E-state index in [1.807, 2.05) is 0 Å². The summed E-state index contributed by atoms with van der Waals surface area (Å²) in [5.41, 5.74) is 5.96. The van der Waals surface area contributed by atoms with Crippen molar-refractivity contribution in [2.45, 2.75) is 20.8 Å². The molecule has 0 aliphatic rings. The molecule has 1 N–H and O–H groups in total. The molecule has 1 heterocycles. The summed E-state index contributed by atoms with van der Waals surface area (Å²) >= 11 is 1.70. The van der Waals surface area contributed by atoms with Gasteiger partial charge in [0.25, 0.3) is 0 Å². The Morgan fingerprint density at radius 1 is 0.895 bits per heavy atom. The maximum atomic E-state index is 4.62. The van der Waals surface area contributed by atoms with Crippen molar-refractivity contribution in [3.8, 4) is 0 Å². The highest BCUT2D eigenvalue weighted by atomic mass is 32.1. The number of hydrogen-bond donors (Lipinski definition) is 1. The van der Waals surface area contributed by atoms with Gasteiger partial charge in [0.05, 0.1) is 10.2 Å². The molecule has 2 aromatic carbocycles. The third-order valence-electron chi connectivity index (χ3n) is 3.02. The SMILES string of the molecule is Cc1cc(C)cc(Nc2nc3ccc(C)cc3s2)c1. The molecule has 0 spiro atoms. The maximum Gasteiger partial charge on any atom is 0.188 e. The Hall–Kier alpha value is -1.87. The lowest BCUT2D eigenvalue weighted by Crippen LogP contribution is -1.90. The zero-order valence-electron chi connectivity index (χ0n) is 11.3. The highest BCUT2D eigenvalue weighted by molar-refractivity contribution is 7.22. The molecule has 3 rings (SSSR count). The first kappa shape index (κ1) is 12.2. The molecule has 0 aliphatic carbocycles. The van der Waals surface area contributed by atoms with Crippen LogP contribution in [-0.2, 0) is 0 Å². The van der Waals surface area contributed by atoms with Crippen LogP contribution in [0.25, 0.3) is 10.2 Å². The van der Waals surface area contributed by atoms with E-state index in [1.54, 1.807) is 11.3 Å². The van der Waals surface area contributed by atoms with Crippen molar-refractivity contribution in [3.05, 3.63) is 53.1 Å². The molecule has 0 unspecified atom stereocenters. The van der Waals surface area contributed by atoms with E-state index in [4.69, 9.17) is 0 Å². The van der Waals surface area contributed by atoms with Crippen molar-refractivity contribution in [1.29, 1.82) is 0 Å². The number of aromatic nitrogens is 1. The first-order chi connectivity index (χ1) is 9.10. The third-order valence-corrected chi connectivity index (χ3v) is 3.95. The van der Waals surface area contributed by atoms with Crippen LogP contribution in [0.1, 0.15) is 16.7 Å². The molecule has 2 nitrogen and oxygen atoms in total. The molecule has 0 amide bonds. The highest BCUT2D eigenvalue weighted by Gasteiger charge is 2.04. The Morgan fingerprint density at radius 2 is 1.63 bits per heavy atom. The van der Waals surface area contributed by atoms with Crippen LogP contribution in [0.15, 0.2) is 36.4 Å². The van der Waals surface area contributed by atoms with Gasteiger partial charge in [0.15, 0.2) is 5.13 Å². The van der Waals surface area contributed by atoms with Crippen molar-refractivity contribution < 1.29 is 0 Å². The minimum atomic E-state index is 0.950. The number of hydrogen-bond acceptors (Lipinski definition) is 3. The average molecular weight is 268 g/mol. The van der Waals surface area contributed by atoms with E-state index in [2.05, 4.69) is 67.5 Å². The molecule has 0 bridgehead atoms. The second kappa shape index (κ2) is 4.67. The Labute approximate surface area is 117 Å². The van der Waals surface area contributed by atoms with Gasteiger partial charge in [0, 0.05) is 5.69 Å². The van der Waals surface area contributed by atoms with Gasteiger partial charge in [0.2, 0.25) is 0 Å². The molecular weight excluding hydrogens is 252 g/mol. The molecule has 19 heavy (non-hydrogen) atoms. The quantitative estimate of drug-likeness (QED) is 0.710. The molecule has 0 saturated heterocycles. The number of aryl methyl sites for hydroxylation is 3. The summed E-state index contributed by atoms with van der Waals surface area (Å²) in [6.07, 6.45) is 0. The van der Waals surface area contributed by atoms with Crippen LogP contribution in [0.5, 0.6) is 0 Å². The van der Waals surface area contributed by atoms with Crippen LogP contribution in [-0.4, -0.2) is 4.98 Å². The van der Waals surface area contributed by atoms with E-state index >= 15 is 0 Å². The van der Waals surface area contributed by atoms with Crippen LogP contribution in [0.4, 0.5) is 10.8 Å². The van der Waals surface area contributed by atoms with Gasteiger partial charge in [0.1, 0.15) is 0 Å². The molecule has 3 aromatic rings. The van der Waals surface area contributed by atoms with Gasteiger partial charge in [-0.15, -0.1) is 0 Å². The van der Waals surface area contributed by atoms with Crippen molar-refractivity contribution in [1.82, 2.24) is 4.98 Å². The second-order valence-corrected chi connectivity index (χ2v) is 6.02. The third kappa shape index (κ3) is 2.61. The van der Waals surface area contributed by atoms with Gasteiger partial charge in [-0.05, 0) is 61.7 Å². The molecule has 1 aromatic heterocycles. The van der Waals surface area contributed by atoms with Gasteiger partial charge in [-0.1, -0.05) is 23.5 Å². The second-order valence-electron chi connectivity index (χ2n) is 4.99. The van der Waals surface area contributed by atoms with Gasteiger partial charge in [-0.3, -0.25) is 0 Å². The topological polar surface area (TPSA) is 24.9 Å². The minimum Gasteiger partial charge on any atom is -0.332 e. The number of anilines is 2. The first-order valence-electron chi connectivity index (χ1n) is 6.33. The minimum absolute atomic E-state index is 0.950. The summed E-state index contributed by atoms with van der Waals surface area (Å²) in [4.78, 5) is 4.62. The van der Waals surface area contributed by atoms with Crippen LogP contribution in [0, 0.1) is 20.8 Å². The monoisotopic (exact) mass is 268 g/mol. The number of nitrogens with zero attached hydrogens (tertiary/aromatic N) is 1. The summed E-state index contributed by atoms with van der Waals surface area (Å²) < 4.78 is 1.23. The van der Waals surface area contributed by atoms with Gasteiger partial charge in [-0.2, -0.15) is 0 Å². The van der Waals surface area contributed by atoms with Crippen molar-refractivity contribution in [3.63, 3.8) is 0 Å². The van der Waals surface area contributed by atoms with E-state index in [0.717, 1.165) is 16.3 Å². The van der Waals surface area contributed by atoms with E-state index in [-0.39, 0.29) is 0 Å². The van der Waals surface area contributed by atoms with Gasteiger partial charge < -0.3 is 5.32 Å². The van der Waals surface area contributed by atoms with Gasteiger partial charge >= 0.3 is 0 Å². The lowest BCUT2D eigenvalue weighted by Gasteiger charge is -2.05. The molecule has 0 aliphatic heterocycles. The Balaban J connectivity index is 1.96. The zero-order chi connectivity index (χ0) is 13.4. The standard InChI is InChI=1S/C16H16N2S/c1-10-4-5-14-15(9-10)19-16(18-14)17-13-7-11(2)6-12(3)8-13/h4-9H,1-3H3,(H,17,18). The summed E-state index contributed by atoms with van der Waals surface area (Å²) in [5.74, 6) is 0. The lowest BCUT2D eigenvalue weighted by atomic mass is 10.1. The predicted molar refractivity (Wildman–Crippen MR) is 83.6 cm³/mol. The number of thiazole rings is 1. The van der Waals surface area contributed by atoms with Crippen LogP contribution >= 0.6 is 11.3 Å². The van der Waals surface area contributed by atoms with E-state index in [9.17, 15) is 0 Å². The smallest absolute Gasteiger partial charge is 0.188 e. The van der Waals surface area contributed by atoms with E-state index in [1.165, 1.54) is 21.4 Å². The molecule has 0 fully saturated rings. The summed E-state index contributed by atoms with van der Waals surface area (Å²) in [7, 11) is 0. The normalized spacial score (nSPS) is 10.9. The van der Waals surface area contributed by atoms with Crippen LogP contribution < -0.4 is 5.32 Å². The van der Waals surface area contributed by atoms with Crippen molar-refractivity contribution in [2.24, 2.45) is 0 Å². The number of nitrogens with one attached hydrogen (secondary N) is 1. The first-order valence-corrected chi connectivity index (χ1v) is 7.14. The van der Waals surface area contributed by atoms with E-state index < -0.39 is 0 Å². The molecular formula is C16H16N2S. The van der Waals surface area contributed by atoms with Gasteiger partial charge in [-0.25, -0.2) is 4.98 Å². The Kier molecular flexibility index (Phi) is 2.99. The average Bonchev–Trinajstić information content (AvgIpc) is 2.68. The summed E-state index contributed by atoms with van der Waals surface area (Å²) in [5, 5.41) is 4.35. The van der Waals surface area contributed by atoms with Crippen molar-refractivity contribution >= 4 is 32.4 Å². The Bertz CT molecular complexity index is 723. The van der Waals surface area contributed by atoms with Crippen molar-refractivity contribution in [2.75, 3.05) is 5.32 Å².